The van der Waals surface area contributed by atoms with E-state index in [0.717, 1.165) is 52.0 Å². The van der Waals surface area contributed by atoms with Crippen molar-refractivity contribution >= 4 is 11.7 Å². The van der Waals surface area contributed by atoms with Crippen LogP contribution in [0.1, 0.15) is 32.1 Å². The molecule has 0 radical (unpaired) electrons. The van der Waals surface area contributed by atoms with Gasteiger partial charge in [-0.25, -0.2) is 4.79 Å². The molecule has 3 aliphatic rings. The summed E-state index contributed by atoms with van der Waals surface area (Å²) in [5, 5.41) is 3.25. The van der Waals surface area contributed by atoms with E-state index in [0.29, 0.717) is 12.0 Å². The first-order valence-electron chi connectivity index (χ1n) is 9.76. The Bertz CT molecular complexity index is 566. The predicted octanol–water partition coefficient (Wildman–Crippen LogP) is 2.87. The van der Waals surface area contributed by atoms with Gasteiger partial charge in [0.2, 0.25) is 0 Å². The van der Waals surface area contributed by atoms with E-state index in [1.54, 1.807) is 0 Å². The average molecular weight is 343 g/mol. The highest BCUT2D eigenvalue weighted by molar-refractivity contribution is 5.74. The zero-order valence-corrected chi connectivity index (χ0v) is 14.9. The van der Waals surface area contributed by atoms with Crippen LogP contribution in [-0.2, 0) is 4.74 Å². The zero-order chi connectivity index (χ0) is 17.1. The monoisotopic (exact) mass is 343 g/mol. The van der Waals surface area contributed by atoms with Crippen molar-refractivity contribution in [3.8, 4) is 0 Å². The first-order chi connectivity index (χ1) is 12.3. The number of amides is 2. The van der Waals surface area contributed by atoms with Crippen LogP contribution in [0, 0.1) is 5.92 Å². The highest BCUT2D eigenvalue weighted by Crippen LogP contribution is 2.29. The van der Waals surface area contributed by atoms with Crippen molar-refractivity contribution in [1.82, 2.24) is 10.2 Å². The Morgan fingerprint density at radius 2 is 1.84 bits per heavy atom. The SMILES string of the molecule is O=C(N[C@@H]1CCN(c2ccccc2)C1)N1CCC([C@H]2CCCO2)CC1. The Hall–Kier alpha value is -1.75. The molecule has 0 aliphatic carbocycles. The highest BCUT2D eigenvalue weighted by atomic mass is 16.5. The standard InChI is InChI=1S/C20H29N3O2/c24-20(22-11-8-16(9-12-22)19-7-4-14-25-19)21-17-10-13-23(15-17)18-5-2-1-3-6-18/h1-3,5-6,16-17,19H,4,7-15H2,(H,21,24)/t17-,19-/m1/s1. The van der Waals surface area contributed by atoms with Crippen LogP contribution in [0.3, 0.4) is 0 Å². The first kappa shape index (κ1) is 16.7. The largest absolute Gasteiger partial charge is 0.378 e. The molecule has 3 fully saturated rings. The van der Waals surface area contributed by atoms with Crippen LogP contribution in [0.4, 0.5) is 10.5 Å². The molecule has 3 aliphatic heterocycles. The Morgan fingerprint density at radius 3 is 2.56 bits per heavy atom. The molecule has 0 unspecified atom stereocenters. The summed E-state index contributed by atoms with van der Waals surface area (Å²) < 4.78 is 5.83. The van der Waals surface area contributed by atoms with E-state index in [1.165, 1.54) is 18.5 Å². The van der Waals surface area contributed by atoms with Crippen LogP contribution in [-0.4, -0.2) is 55.9 Å². The fraction of sp³-hybridized carbons (Fsp3) is 0.650. The fourth-order valence-electron chi connectivity index (χ4n) is 4.47. The number of likely N-dealkylation sites (tertiary alicyclic amines) is 1. The number of hydrogen-bond donors (Lipinski definition) is 1. The minimum Gasteiger partial charge on any atom is -0.378 e. The number of nitrogens with one attached hydrogen (secondary N) is 1. The second kappa shape index (κ2) is 7.65. The molecule has 5 heteroatoms. The second-order valence-electron chi connectivity index (χ2n) is 7.59. The third-order valence-electron chi connectivity index (χ3n) is 5.95. The number of ether oxygens (including phenoxy) is 1. The summed E-state index contributed by atoms with van der Waals surface area (Å²) in [5.74, 6) is 0.645. The number of benzene rings is 1. The van der Waals surface area contributed by atoms with Crippen LogP contribution < -0.4 is 10.2 Å². The fourth-order valence-corrected chi connectivity index (χ4v) is 4.47. The van der Waals surface area contributed by atoms with Gasteiger partial charge in [-0.1, -0.05) is 18.2 Å². The molecule has 4 rings (SSSR count). The first-order valence-corrected chi connectivity index (χ1v) is 9.76. The molecule has 2 amide bonds. The Balaban J connectivity index is 1.23. The van der Waals surface area contributed by atoms with Gasteiger partial charge in [0, 0.05) is 44.5 Å². The molecule has 0 bridgehead atoms. The number of urea groups is 1. The Kier molecular flexibility index (Phi) is 5.11. The summed E-state index contributed by atoms with van der Waals surface area (Å²) >= 11 is 0. The van der Waals surface area contributed by atoms with Crippen molar-refractivity contribution in [3.05, 3.63) is 30.3 Å². The lowest BCUT2D eigenvalue weighted by Crippen LogP contribution is -2.49. The molecular weight excluding hydrogens is 314 g/mol. The maximum atomic E-state index is 12.6. The summed E-state index contributed by atoms with van der Waals surface area (Å²) in [7, 11) is 0. The van der Waals surface area contributed by atoms with E-state index in [-0.39, 0.29) is 12.1 Å². The van der Waals surface area contributed by atoms with Gasteiger partial charge in [0.1, 0.15) is 0 Å². The number of nitrogens with zero attached hydrogens (tertiary/aromatic N) is 2. The molecule has 136 valence electrons. The van der Waals surface area contributed by atoms with Crippen molar-refractivity contribution in [2.75, 3.05) is 37.7 Å². The lowest BCUT2D eigenvalue weighted by Gasteiger charge is -2.35. The molecular formula is C20H29N3O2. The van der Waals surface area contributed by atoms with Crippen LogP contribution in [0.2, 0.25) is 0 Å². The molecule has 1 N–H and O–H groups in total. The number of carbonyl (C=O) groups is 1. The third-order valence-corrected chi connectivity index (χ3v) is 5.95. The third kappa shape index (κ3) is 3.92. The van der Waals surface area contributed by atoms with Gasteiger partial charge >= 0.3 is 6.03 Å². The maximum absolute atomic E-state index is 12.6. The summed E-state index contributed by atoms with van der Waals surface area (Å²) in [6, 6.07) is 10.8. The number of hydrogen-bond acceptors (Lipinski definition) is 3. The molecule has 0 saturated carbocycles. The van der Waals surface area contributed by atoms with Crippen LogP contribution in [0.15, 0.2) is 30.3 Å². The molecule has 1 aromatic rings. The van der Waals surface area contributed by atoms with Gasteiger partial charge in [0.15, 0.2) is 0 Å². The van der Waals surface area contributed by atoms with Gasteiger partial charge in [-0.05, 0) is 50.2 Å². The van der Waals surface area contributed by atoms with E-state index in [9.17, 15) is 4.79 Å². The number of rotatable bonds is 3. The van der Waals surface area contributed by atoms with Crippen LogP contribution in [0.5, 0.6) is 0 Å². The summed E-state index contributed by atoms with van der Waals surface area (Å²) in [6.45, 7) is 4.57. The number of piperidine rings is 1. The second-order valence-corrected chi connectivity index (χ2v) is 7.59. The predicted molar refractivity (Wildman–Crippen MR) is 98.9 cm³/mol. The van der Waals surface area contributed by atoms with Gasteiger partial charge in [0.25, 0.3) is 0 Å². The molecule has 0 aromatic heterocycles. The molecule has 3 heterocycles. The van der Waals surface area contributed by atoms with Crippen molar-refractivity contribution in [1.29, 1.82) is 0 Å². The van der Waals surface area contributed by atoms with Crippen molar-refractivity contribution in [2.45, 2.75) is 44.2 Å². The van der Waals surface area contributed by atoms with E-state index in [2.05, 4.69) is 34.5 Å². The smallest absolute Gasteiger partial charge is 0.317 e. The van der Waals surface area contributed by atoms with E-state index in [4.69, 9.17) is 4.74 Å². The maximum Gasteiger partial charge on any atom is 0.317 e. The van der Waals surface area contributed by atoms with Crippen molar-refractivity contribution < 1.29 is 9.53 Å². The lowest BCUT2D eigenvalue weighted by molar-refractivity contribution is 0.0371. The topological polar surface area (TPSA) is 44.8 Å². The molecule has 2 atom stereocenters. The minimum absolute atomic E-state index is 0.116. The Morgan fingerprint density at radius 1 is 1.04 bits per heavy atom. The summed E-state index contributed by atoms with van der Waals surface area (Å²) in [6.07, 6.45) is 6.03. The highest BCUT2D eigenvalue weighted by Gasteiger charge is 2.32. The number of carbonyl (C=O) groups excluding carboxylic acids is 1. The minimum atomic E-state index is 0.116. The summed E-state index contributed by atoms with van der Waals surface area (Å²) in [5.41, 5.74) is 1.25. The van der Waals surface area contributed by atoms with Crippen LogP contribution in [0.25, 0.3) is 0 Å². The summed E-state index contributed by atoms with van der Waals surface area (Å²) in [4.78, 5) is 16.9. The van der Waals surface area contributed by atoms with Gasteiger partial charge in [-0.3, -0.25) is 0 Å². The quantitative estimate of drug-likeness (QED) is 0.918. The van der Waals surface area contributed by atoms with Crippen molar-refractivity contribution in [2.24, 2.45) is 5.92 Å². The molecule has 3 saturated heterocycles. The van der Waals surface area contributed by atoms with Gasteiger partial charge in [-0.15, -0.1) is 0 Å². The van der Waals surface area contributed by atoms with E-state index >= 15 is 0 Å². The lowest BCUT2D eigenvalue weighted by atomic mass is 9.90. The molecule has 1 aromatic carbocycles. The van der Waals surface area contributed by atoms with Crippen molar-refractivity contribution in [3.63, 3.8) is 0 Å². The van der Waals surface area contributed by atoms with E-state index < -0.39 is 0 Å². The number of anilines is 1. The molecule has 5 nitrogen and oxygen atoms in total. The number of para-hydroxylation sites is 1. The van der Waals surface area contributed by atoms with Gasteiger partial charge in [0.05, 0.1) is 6.10 Å². The Labute approximate surface area is 150 Å². The molecule has 25 heavy (non-hydrogen) atoms. The van der Waals surface area contributed by atoms with Crippen LogP contribution >= 0.6 is 0 Å². The van der Waals surface area contributed by atoms with E-state index in [1.807, 2.05) is 11.0 Å². The van der Waals surface area contributed by atoms with Gasteiger partial charge in [-0.2, -0.15) is 0 Å². The normalized spacial score (nSPS) is 27.7. The molecule has 0 spiro atoms. The zero-order valence-electron chi connectivity index (χ0n) is 14.9. The average Bonchev–Trinajstić information content (AvgIpc) is 3.35. The van der Waals surface area contributed by atoms with Gasteiger partial charge < -0.3 is 19.9 Å².